The molecule has 4 nitrogen and oxygen atoms in total. The maximum Gasteiger partial charge on any atom is 0.171 e. The molecular formula is C12H16NO3S. The van der Waals surface area contributed by atoms with E-state index in [9.17, 15) is 8.42 Å². The topological polar surface area (TPSA) is 57.5 Å². The predicted octanol–water partition coefficient (Wildman–Crippen LogP) is 1.88. The molecule has 0 N–H and O–H groups in total. The van der Waals surface area contributed by atoms with E-state index in [1.165, 1.54) is 0 Å². The van der Waals surface area contributed by atoms with Crippen LogP contribution in [0, 0.1) is 0 Å². The van der Waals surface area contributed by atoms with Crippen LogP contribution in [-0.4, -0.2) is 27.8 Å². The molecule has 0 fully saturated rings. The first-order valence-corrected chi connectivity index (χ1v) is 6.95. The van der Waals surface area contributed by atoms with Crippen LogP contribution in [-0.2, 0) is 9.84 Å². The number of benzene rings is 1. The van der Waals surface area contributed by atoms with Gasteiger partial charge in [-0.05, 0) is 30.7 Å². The monoisotopic (exact) mass is 254 g/mol. The van der Waals surface area contributed by atoms with Gasteiger partial charge in [0.1, 0.15) is 5.75 Å². The molecule has 0 aliphatic carbocycles. The van der Waals surface area contributed by atoms with Gasteiger partial charge in [-0.3, -0.25) is 5.32 Å². The zero-order valence-electron chi connectivity index (χ0n) is 9.80. The van der Waals surface area contributed by atoms with Gasteiger partial charge in [-0.2, -0.15) is 0 Å². The maximum absolute atomic E-state index is 11.1. The summed E-state index contributed by atoms with van der Waals surface area (Å²) < 4.78 is 27.3. The first kappa shape index (κ1) is 13.6. The van der Waals surface area contributed by atoms with Gasteiger partial charge in [0, 0.05) is 12.0 Å². The molecule has 0 bridgehead atoms. The van der Waals surface area contributed by atoms with E-state index < -0.39 is 9.84 Å². The summed E-state index contributed by atoms with van der Waals surface area (Å²) in [4.78, 5) is 0. The van der Waals surface area contributed by atoms with Crippen LogP contribution in [0.1, 0.15) is 6.42 Å². The van der Waals surface area contributed by atoms with Gasteiger partial charge in [0.05, 0.1) is 18.6 Å². The Morgan fingerprint density at radius 3 is 2.53 bits per heavy atom. The molecule has 0 aromatic heterocycles. The van der Waals surface area contributed by atoms with E-state index in [-0.39, 0.29) is 5.75 Å². The highest BCUT2D eigenvalue weighted by Crippen LogP contribution is 2.14. The van der Waals surface area contributed by atoms with Crippen molar-refractivity contribution in [2.24, 2.45) is 0 Å². The maximum atomic E-state index is 11.1. The van der Waals surface area contributed by atoms with Crippen molar-refractivity contribution in [2.45, 2.75) is 6.42 Å². The molecule has 1 aromatic rings. The average Bonchev–Trinajstić information content (AvgIpc) is 2.35. The number of hydrogen-bond acceptors (Lipinski definition) is 3. The molecule has 0 amide bonds. The van der Waals surface area contributed by atoms with E-state index in [0.717, 1.165) is 16.8 Å². The number of nitrogens with zero attached hydrogens (tertiary/aromatic N) is 1. The van der Waals surface area contributed by atoms with Crippen molar-refractivity contribution < 1.29 is 13.2 Å². The summed E-state index contributed by atoms with van der Waals surface area (Å²) >= 11 is 0. The van der Waals surface area contributed by atoms with E-state index in [4.69, 9.17) is 4.74 Å². The molecule has 0 saturated heterocycles. The van der Waals surface area contributed by atoms with Crippen LogP contribution < -0.4 is 10.1 Å². The zero-order valence-corrected chi connectivity index (χ0v) is 10.6. The zero-order chi connectivity index (χ0) is 12.7. The molecule has 5 heteroatoms. The van der Waals surface area contributed by atoms with E-state index in [2.05, 4.69) is 11.9 Å². The van der Waals surface area contributed by atoms with Crippen LogP contribution in [0.5, 0.6) is 5.75 Å². The molecule has 0 aliphatic rings. The van der Waals surface area contributed by atoms with Crippen molar-refractivity contribution in [3.8, 4) is 5.75 Å². The van der Waals surface area contributed by atoms with Crippen molar-refractivity contribution in [3.05, 3.63) is 36.3 Å². The van der Waals surface area contributed by atoms with Crippen LogP contribution in [0.15, 0.2) is 36.3 Å². The number of ether oxygens (including phenoxy) is 1. The minimum Gasteiger partial charge on any atom is -0.497 e. The van der Waals surface area contributed by atoms with Crippen molar-refractivity contribution in [3.63, 3.8) is 0 Å². The molecule has 0 unspecified atom stereocenters. The molecule has 0 atom stereocenters. The van der Waals surface area contributed by atoms with Gasteiger partial charge in [-0.1, -0.05) is 6.58 Å². The molecule has 17 heavy (non-hydrogen) atoms. The second-order valence-electron chi connectivity index (χ2n) is 3.47. The number of hydrogen-bond donors (Lipinski definition) is 0. The highest BCUT2D eigenvalue weighted by atomic mass is 32.2. The van der Waals surface area contributed by atoms with Crippen molar-refractivity contribution >= 4 is 15.5 Å². The smallest absolute Gasteiger partial charge is 0.171 e. The summed E-state index contributed by atoms with van der Waals surface area (Å²) in [6.45, 7) is 3.74. The van der Waals surface area contributed by atoms with Gasteiger partial charge in [0.2, 0.25) is 0 Å². The first-order valence-electron chi connectivity index (χ1n) is 5.24. The minimum absolute atomic E-state index is 0.0934. The lowest BCUT2D eigenvalue weighted by molar-refractivity contribution is 0.415. The Labute approximate surface area is 102 Å². The van der Waals surface area contributed by atoms with E-state index >= 15 is 0 Å². The van der Waals surface area contributed by atoms with E-state index in [1.54, 1.807) is 7.11 Å². The van der Waals surface area contributed by atoms with Gasteiger partial charge in [-0.15, -0.1) is 0 Å². The lowest BCUT2D eigenvalue weighted by Gasteiger charge is -2.04. The third-order valence-corrected chi connectivity index (χ3v) is 3.57. The largest absolute Gasteiger partial charge is 0.497 e. The third-order valence-electron chi connectivity index (χ3n) is 2.21. The highest BCUT2D eigenvalue weighted by molar-refractivity contribution is 7.94. The summed E-state index contributed by atoms with van der Waals surface area (Å²) in [6, 6.07) is 7.31. The molecule has 0 saturated carbocycles. The fourth-order valence-corrected chi connectivity index (χ4v) is 1.94. The molecule has 0 aliphatic heterocycles. The van der Waals surface area contributed by atoms with E-state index in [1.807, 2.05) is 24.3 Å². The summed E-state index contributed by atoms with van der Waals surface area (Å²) in [6.07, 6.45) is 0.500. The van der Waals surface area contributed by atoms with Gasteiger partial charge in [-0.25, -0.2) is 8.42 Å². The summed E-state index contributed by atoms with van der Waals surface area (Å²) in [7, 11) is -1.50. The fourth-order valence-electron chi connectivity index (χ4n) is 1.24. The fraction of sp³-hybridized carbons (Fsp3) is 0.333. The Morgan fingerprint density at radius 2 is 2.00 bits per heavy atom. The van der Waals surface area contributed by atoms with Crippen molar-refractivity contribution in [1.82, 2.24) is 5.32 Å². The van der Waals surface area contributed by atoms with Gasteiger partial charge in [0.15, 0.2) is 9.84 Å². The van der Waals surface area contributed by atoms with Crippen LogP contribution in [0.25, 0.3) is 0 Å². The normalized spacial score (nSPS) is 10.9. The molecule has 93 valence electrons. The molecule has 0 heterocycles. The van der Waals surface area contributed by atoms with E-state index in [0.29, 0.717) is 13.0 Å². The van der Waals surface area contributed by atoms with Crippen LogP contribution in [0.3, 0.4) is 0 Å². The number of sulfone groups is 1. The Morgan fingerprint density at radius 1 is 1.35 bits per heavy atom. The van der Waals surface area contributed by atoms with Crippen LogP contribution in [0.2, 0.25) is 0 Å². The van der Waals surface area contributed by atoms with Gasteiger partial charge < -0.3 is 4.74 Å². The van der Waals surface area contributed by atoms with Crippen molar-refractivity contribution in [1.29, 1.82) is 0 Å². The Balaban J connectivity index is 2.33. The molecule has 1 rings (SSSR count). The quantitative estimate of drug-likeness (QED) is 0.698. The standard InChI is InChI=1S/C12H16NO3S/c1-3-17(14,15)10-4-9-13-11-5-7-12(16-2)8-6-11/h3,5-8H,1,4,9-10H2,2H3. The molecular weight excluding hydrogens is 238 g/mol. The Kier molecular flexibility index (Phi) is 5.03. The summed E-state index contributed by atoms with van der Waals surface area (Å²) in [5.41, 5.74) is 0.821. The Hall–Kier alpha value is -1.49. The average molecular weight is 254 g/mol. The minimum atomic E-state index is -3.10. The van der Waals surface area contributed by atoms with Crippen LogP contribution >= 0.6 is 0 Å². The van der Waals surface area contributed by atoms with Gasteiger partial charge in [0.25, 0.3) is 0 Å². The molecule has 1 radical (unpaired) electrons. The summed E-state index contributed by atoms with van der Waals surface area (Å²) in [5, 5.41) is 5.25. The molecule has 0 spiro atoms. The number of methoxy groups -OCH3 is 1. The lowest BCUT2D eigenvalue weighted by atomic mass is 10.3. The lowest BCUT2D eigenvalue weighted by Crippen LogP contribution is -2.08. The van der Waals surface area contributed by atoms with Gasteiger partial charge >= 0.3 is 0 Å². The Bertz CT molecular complexity index is 451. The first-order chi connectivity index (χ1) is 8.07. The second-order valence-corrected chi connectivity index (χ2v) is 5.53. The third kappa shape index (κ3) is 4.91. The number of rotatable bonds is 7. The molecule has 1 aromatic carbocycles. The predicted molar refractivity (Wildman–Crippen MR) is 68.3 cm³/mol. The summed E-state index contributed by atoms with van der Waals surface area (Å²) in [5.74, 6) is 0.870. The van der Waals surface area contributed by atoms with Crippen molar-refractivity contribution in [2.75, 3.05) is 19.4 Å². The second kappa shape index (κ2) is 6.30. The highest BCUT2D eigenvalue weighted by Gasteiger charge is 2.04. The van der Waals surface area contributed by atoms with Crippen LogP contribution in [0.4, 0.5) is 5.69 Å². The SMILES string of the molecule is C=CS(=O)(=O)CCC[N]c1ccc(OC)cc1.